The zero-order chi connectivity index (χ0) is 10.6. The van der Waals surface area contributed by atoms with E-state index < -0.39 is 0 Å². The third-order valence-corrected chi connectivity index (χ3v) is 3.63. The Hall–Kier alpha value is -0.480. The first-order valence-corrected chi connectivity index (χ1v) is 5.84. The van der Waals surface area contributed by atoms with Crippen LogP contribution in [-0.4, -0.2) is 12.1 Å². The fourth-order valence-electron chi connectivity index (χ4n) is 2.42. The Morgan fingerprint density at radius 2 is 2.14 bits per heavy atom. The number of hydrogen-bond donors (Lipinski definition) is 1. The molecule has 0 aromatic rings. The van der Waals surface area contributed by atoms with Gasteiger partial charge in [-0.25, -0.2) is 0 Å². The van der Waals surface area contributed by atoms with Gasteiger partial charge in [0.1, 0.15) is 0 Å². The minimum Gasteiger partial charge on any atom is -0.310 e. The molecule has 1 aliphatic rings. The van der Waals surface area contributed by atoms with Crippen molar-refractivity contribution < 1.29 is 0 Å². The quantitative estimate of drug-likeness (QED) is 0.680. The fourth-order valence-corrected chi connectivity index (χ4v) is 2.42. The number of nitrogens with one attached hydrogen (secondary N) is 1. The van der Waals surface area contributed by atoms with Crippen molar-refractivity contribution in [1.29, 1.82) is 0 Å². The summed E-state index contributed by atoms with van der Waals surface area (Å²) in [5.74, 6) is 4.38. The molecule has 1 aliphatic carbocycles. The largest absolute Gasteiger partial charge is 0.310 e. The van der Waals surface area contributed by atoms with E-state index in [0.717, 1.165) is 18.3 Å². The van der Waals surface area contributed by atoms with Crippen LogP contribution in [0.3, 0.4) is 0 Å². The molecule has 80 valence electrons. The van der Waals surface area contributed by atoms with Gasteiger partial charge in [0.2, 0.25) is 0 Å². The van der Waals surface area contributed by atoms with Gasteiger partial charge in [-0.3, -0.25) is 0 Å². The van der Waals surface area contributed by atoms with Crippen LogP contribution in [-0.2, 0) is 0 Å². The topological polar surface area (TPSA) is 12.0 Å². The van der Waals surface area contributed by atoms with Crippen LogP contribution in [0.4, 0.5) is 0 Å². The molecule has 1 fully saturated rings. The van der Waals surface area contributed by atoms with E-state index in [1.54, 1.807) is 0 Å². The fraction of sp³-hybridized carbons (Fsp3) is 0.846. The van der Waals surface area contributed by atoms with Crippen LogP contribution in [0.2, 0.25) is 0 Å². The predicted octanol–water partition coefficient (Wildman–Crippen LogP) is 2.81. The molecule has 0 amide bonds. The molecule has 1 nitrogen and oxygen atoms in total. The minimum atomic E-state index is 0.470. The first-order chi connectivity index (χ1) is 6.65. The maximum absolute atomic E-state index is 5.31. The number of terminal acetylenes is 1. The Morgan fingerprint density at radius 1 is 1.43 bits per heavy atom. The summed E-state index contributed by atoms with van der Waals surface area (Å²) in [6, 6.07) is 1.15. The van der Waals surface area contributed by atoms with Gasteiger partial charge in [0.15, 0.2) is 0 Å². The van der Waals surface area contributed by atoms with E-state index in [1.165, 1.54) is 19.3 Å². The van der Waals surface area contributed by atoms with Gasteiger partial charge in [-0.05, 0) is 25.2 Å². The van der Waals surface area contributed by atoms with Gasteiger partial charge in [-0.1, -0.05) is 26.7 Å². The van der Waals surface area contributed by atoms with Gasteiger partial charge in [0, 0.05) is 18.5 Å². The third-order valence-electron chi connectivity index (χ3n) is 3.63. The lowest BCUT2D eigenvalue weighted by Gasteiger charge is -2.36. The second-order valence-electron chi connectivity index (χ2n) is 4.85. The zero-order valence-electron chi connectivity index (χ0n) is 9.72. The van der Waals surface area contributed by atoms with Crippen LogP contribution in [0.5, 0.6) is 0 Å². The van der Waals surface area contributed by atoms with Crippen molar-refractivity contribution in [1.82, 2.24) is 5.32 Å². The summed E-state index contributed by atoms with van der Waals surface area (Å²) >= 11 is 0. The van der Waals surface area contributed by atoms with Gasteiger partial charge < -0.3 is 5.32 Å². The summed E-state index contributed by atoms with van der Waals surface area (Å²) < 4.78 is 0. The molecule has 0 heterocycles. The molecule has 1 heteroatoms. The highest BCUT2D eigenvalue weighted by molar-refractivity contribution is 4.91. The Labute approximate surface area is 88.7 Å². The van der Waals surface area contributed by atoms with Crippen molar-refractivity contribution in [2.75, 3.05) is 0 Å². The standard InChI is InChI=1S/C13H23N/c1-5-7-11(3)14-13-9-6-8-10(2)12(13)4/h1,10-14H,6-9H2,2-4H3. The summed E-state index contributed by atoms with van der Waals surface area (Å²) in [5.41, 5.74) is 0. The minimum absolute atomic E-state index is 0.470. The van der Waals surface area contributed by atoms with Crippen LogP contribution in [0.15, 0.2) is 0 Å². The number of hydrogen-bond acceptors (Lipinski definition) is 1. The van der Waals surface area contributed by atoms with Crippen molar-refractivity contribution in [2.45, 2.75) is 58.5 Å². The molecule has 0 bridgehead atoms. The highest BCUT2D eigenvalue weighted by Crippen LogP contribution is 2.29. The van der Waals surface area contributed by atoms with E-state index in [1.807, 2.05) is 0 Å². The molecule has 0 spiro atoms. The average molecular weight is 193 g/mol. The van der Waals surface area contributed by atoms with E-state index in [2.05, 4.69) is 32.0 Å². The predicted molar refractivity (Wildman–Crippen MR) is 62.0 cm³/mol. The zero-order valence-corrected chi connectivity index (χ0v) is 9.72. The van der Waals surface area contributed by atoms with Crippen molar-refractivity contribution in [3.05, 3.63) is 0 Å². The van der Waals surface area contributed by atoms with Crippen molar-refractivity contribution in [3.63, 3.8) is 0 Å². The first kappa shape index (κ1) is 11.6. The SMILES string of the molecule is C#CCC(C)NC1CCCC(C)C1C. The van der Waals surface area contributed by atoms with Crippen LogP contribution in [0.1, 0.15) is 46.5 Å². The molecular formula is C13H23N. The third kappa shape index (κ3) is 3.03. The summed E-state index contributed by atoms with van der Waals surface area (Å²) in [4.78, 5) is 0. The van der Waals surface area contributed by atoms with Gasteiger partial charge in [0.25, 0.3) is 0 Å². The lowest BCUT2D eigenvalue weighted by molar-refractivity contribution is 0.196. The van der Waals surface area contributed by atoms with Crippen LogP contribution < -0.4 is 5.32 Å². The van der Waals surface area contributed by atoms with E-state index in [0.29, 0.717) is 12.1 Å². The van der Waals surface area contributed by atoms with Gasteiger partial charge >= 0.3 is 0 Å². The van der Waals surface area contributed by atoms with E-state index in [4.69, 9.17) is 6.42 Å². The molecule has 0 aromatic heterocycles. The molecule has 1 N–H and O–H groups in total. The molecule has 4 atom stereocenters. The Kier molecular flexibility index (Phi) is 4.48. The second kappa shape index (κ2) is 5.41. The molecule has 0 aliphatic heterocycles. The smallest absolute Gasteiger partial charge is 0.0238 e. The summed E-state index contributed by atoms with van der Waals surface area (Å²) in [6.07, 6.45) is 10.2. The van der Waals surface area contributed by atoms with Crippen molar-refractivity contribution in [2.24, 2.45) is 11.8 Å². The molecule has 14 heavy (non-hydrogen) atoms. The van der Waals surface area contributed by atoms with Crippen molar-refractivity contribution in [3.8, 4) is 12.3 Å². The van der Waals surface area contributed by atoms with Gasteiger partial charge in [-0.2, -0.15) is 0 Å². The summed E-state index contributed by atoms with van der Waals surface area (Å²) in [6.45, 7) is 6.92. The van der Waals surface area contributed by atoms with Crippen molar-refractivity contribution >= 4 is 0 Å². The Morgan fingerprint density at radius 3 is 2.79 bits per heavy atom. The lowest BCUT2D eigenvalue weighted by atomic mass is 9.78. The molecule has 4 unspecified atom stereocenters. The molecule has 1 rings (SSSR count). The monoisotopic (exact) mass is 193 g/mol. The van der Waals surface area contributed by atoms with Crippen LogP contribution >= 0.6 is 0 Å². The average Bonchev–Trinajstić information content (AvgIpc) is 2.13. The Balaban J connectivity index is 2.39. The first-order valence-electron chi connectivity index (χ1n) is 5.84. The molecule has 0 aromatic carbocycles. The van der Waals surface area contributed by atoms with Crippen LogP contribution in [0.25, 0.3) is 0 Å². The normalized spacial score (nSPS) is 34.9. The summed E-state index contributed by atoms with van der Waals surface area (Å²) in [7, 11) is 0. The van der Waals surface area contributed by atoms with Crippen LogP contribution in [0, 0.1) is 24.2 Å². The lowest BCUT2D eigenvalue weighted by Crippen LogP contribution is -2.44. The summed E-state index contributed by atoms with van der Waals surface area (Å²) in [5, 5.41) is 3.66. The molecule has 1 saturated carbocycles. The van der Waals surface area contributed by atoms with E-state index >= 15 is 0 Å². The van der Waals surface area contributed by atoms with E-state index in [-0.39, 0.29) is 0 Å². The number of rotatable bonds is 3. The Bertz CT molecular complexity index is 204. The highest BCUT2D eigenvalue weighted by Gasteiger charge is 2.27. The molecular weight excluding hydrogens is 170 g/mol. The highest BCUT2D eigenvalue weighted by atomic mass is 15.0. The van der Waals surface area contributed by atoms with Gasteiger partial charge in [-0.15, -0.1) is 12.3 Å². The van der Waals surface area contributed by atoms with Gasteiger partial charge in [0.05, 0.1) is 0 Å². The maximum atomic E-state index is 5.31. The second-order valence-corrected chi connectivity index (χ2v) is 4.85. The maximum Gasteiger partial charge on any atom is 0.0238 e. The molecule has 0 radical (unpaired) electrons. The molecule has 0 saturated heterocycles. The van der Waals surface area contributed by atoms with E-state index in [9.17, 15) is 0 Å².